The Morgan fingerprint density at radius 3 is 2.94 bits per heavy atom. The number of benzene rings is 1. The van der Waals surface area contributed by atoms with Crippen LogP contribution in [-0.2, 0) is 4.79 Å². The fourth-order valence-electron chi connectivity index (χ4n) is 1.45. The minimum Gasteiger partial charge on any atom is -0.361 e. The standard InChI is InChI=1S/C12H12ClN3O/c1-14-12(17)7-15-11-5-2-8-6-9(13)3-4-10(8)16-11/h2-6H,7H2,1H3,(H,14,17)(H,15,16). The molecule has 0 spiro atoms. The molecule has 1 aromatic carbocycles. The van der Waals surface area contributed by atoms with Crippen LogP contribution in [0.5, 0.6) is 0 Å². The molecule has 88 valence electrons. The van der Waals surface area contributed by atoms with Gasteiger partial charge in [-0.25, -0.2) is 4.98 Å². The number of anilines is 1. The molecule has 0 radical (unpaired) electrons. The number of halogens is 1. The van der Waals surface area contributed by atoms with Crippen molar-refractivity contribution in [1.29, 1.82) is 0 Å². The van der Waals surface area contributed by atoms with E-state index in [1.165, 1.54) is 0 Å². The molecule has 1 heterocycles. The largest absolute Gasteiger partial charge is 0.361 e. The highest BCUT2D eigenvalue weighted by atomic mass is 35.5. The number of aromatic nitrogens is 1. The van der Waals surface area contributed by atoms with Crippen molar-refractivity contribution in [3.8, 4) is 0 Å². The first-order valence-corrected chi connectivity index (χ1v) is 5.57. The minimum atomic E-state index is -0.0806. The number of hydrogen-bond donors (Lipinski definition) is 2. The SMILES string of the molecule is CNC(=O)CNc1ccc2cc(Cl)ccc2n1. The van der Waals surface area contributed by atoms with Crippen molar-refractivity contribution < 1.29 is 4.79 Å². The van der Waals surface area contributed by atoms with E-state index in [1.54, 1.807) is 13.1 Å². The Labute approximate surface area is 104 Å². The van der Waals surface area contributed by atoms with E-state index in [4.69, 9.17) is 11.6 Å². The number of nitrogens with one attached hydrogen (secondary N) is 2. The normalized spacial score (nSPS) is 10.2. The van der Waals surface area contributed by atoms with Crippen LogP contribution in [0.4, 0.5) is 5.82 Å². The molecule has 17 heavy (non-hydrogen) atoms. The summed E-state index contributed by atoms with van der Waals surface area (Å²) in [5, 5.41) is 7.14. The summed E-state index contributed by atoms with van der Waals surface area (Å²) in [7, 11) is 1.60. The minimum absolute atomic E-state index is 0.0806. The third-order valence-electron chi connectivity index (χ3n) is 2.36. The highest BCUT2D eigenvalue weighted by molar-refractivity contribution is 6.31. The van der Waals surface area contributed by atoms with Crippen molar-refractivity contribution >= 4 is 34.2 Å². The number of rotatable bonds is 3. The molecule has 0 aliphatic rings. The summed E-state index contributed by atoms with van der Waals surface area (Å²) in [5.74, 6) is 0.589. The Morgan fingerprint density at radius 1 is 1.35 bits per heavy atom. The third-order valence-corrected chi connectivity index (χ3v) is 2.60. The second-order valence-electron chi connectivity index (χ2n) is 3.56. The lowest BCUT2D eigenvalue weighted by Crippen LogP contribution is -2.26. The number of fused-ring (bicyclic) bond motifs is 1. The maximum atomic E-state index is 11.1. The molecule has 5 heteroatoms. The Balaban J connectivity index is 2.20. The van der Waals surface area contributed by atoms with Gasteiger partial charge in [0.25, 0.3) is 0 Å². The first kappa shape index (κ1) is 11.7. The summed E-state index contributed by atoms with van der Waals surface area (Å²) in [6.45, 7) is 0.211. The highest BCUT2D eigenvalue weighted by Gasteiger charge is 2.01. The summed E-state index contributed by atoms with van der Waals surface area (Å²) >= 11 is 5.88. The van der Waals surface area contributed by atoms with Crippen molar-refractivity contribution in [3.63, 3.8) is 0 Å². The average Bonchev–Trinajstić information content (AvgIpc) is 2.35. The fraction of sp³-hybridized carbons (Fsp3) is 0.167. The molecule has 2 N–H and O–H groups in total. The van der Waals surface area contributed by atoms with Gasteiger partial charge in [0.15, 0.2) is 0 Å². The molecule has 1 amide bonds. The Morgan fingerprint density at radius 2 is 2.18 bits per heavy atom. The zero-order valence-electron chi connectivity index (χ0n) is 9.33. The van der Waals surface area contributed by atoms with Gasteiger partial charge in [-0.05, 0) is 30.3 Å². The molecule has 0 saturated heterocycles. The molecule has 0 saturated carbocycles. The van der Waals surface area contributed by atoms with E-state index in [2.05, 4.69) is 15.6 Å². The number of nitrogens with zero attached hydrogens (tertiary/aromatic N) is 1. The van der Waals surface area contributed by atoms with Crippen LogP contribution in [0.25, 0.3) is 10.9 Å². The molecule has 0 atom stereocenters. The van der Waals surface area contributed by atoms with Gasteiger partial charge in [-0.3, -0.25) is 4.79 Å². The van der Waals surface area contributed by atoms with E-state index >= 15 is 0 Å². The van der Waals surface area contributed by atoms with Crippen molar-refractivity contribution in [1.82, 2.24) is 10.3 Å². The van der Waals surface area contributed by atoms with Crippen molar-refractivity contribution in [2.45, 2.75) is 0 Å². The summed E-state index contributed by atoms with van der Waals surface area (Å²) in [6, 6.07) is 9.23. The molecule has 2 aromatic rings. The lowest BCUT2D eigenvalue weighted by molar-refractivity contribution is -0.118. The van der Waals surface area contributed by atoms with Gasteiger partial charge in [0.05, 0.1) is 12.1 Å². The number of hydrogen-bond acceptors (Lipinski definition) is 3. The van der Waals surface area contributed by atoms with Crippen LogP contribution in [0.15, 0.2) is 30.3 Å². The number of likely N-dealkylation sites (N-methyl/N-ethyl adjacent to an activating group) is 1. The van der Waals surface area contributed by atoms with Gasteiger partial charge in [0, 0.05) is 17.5 Å². The van der Waals surface area contributed by atoms with Crippen LogP contribution in [0.2, 0.25) is 5.02 Å². The van der Waals surface area contributed by atoms with Crippen LogP contribution in [-0.4, -0.2) is 24.5 Å². The van der Waals surface area contributed by atoms with E-state index in [0.717, 1.165) is 10.9 Å². The van der Waals surface area contributed by atoms with Crippen LogP contribution < -0.4 is 10.6 Å². The smallest absolute Gasteiger partial charge is 0.239 e. The number of carbonyl (C=O) groups is 1. The zero-order valence-corrected chi connectivity index (χ0v) is 10.1. The topological polar surface area (TPSA) is 54.0 Å². The van der Waals surface area contributed by atoms with Gasteiger partial charge >= 0.3 is 0 Å². The Hall–Kier alpha value is -1.81. The second-order valence-corrected chi connectivity index (χ2v) is 4.00. The molecule has 4 nitrogen and oxygen atoms in total. The Bertz CT molecular complexity index is 556. The summed E-state index contributed by atoms with van der Waals surface area (Å²) in [4.78, 5) is 15.4. The van der Waals surface area contributed by atoms with E-state index in [9.17, 15) is 4.79 Å². The highest BCUT2D eigenvalue weighted by Crippen LogP contribution is 2.19. The van der Waals surface area contributed by atoms with Crippen LogP contribution in [0.3, 0.4) is 0 Å². The molecule has 0 aliphatic carbocycles. The molecule has 2 rings (SSSR count). The lowest BCUT2D eigenvalue weighted by atomic mass is 10.2. The third kappa shape index (κ3) is 2.85. The van der Waals surface area contributed by atoms with Crippen molar-refractivity contribution in [3.05, 3.63) is 35.4 Å². The van der Waals surface area contributed by atoms with Gasteiger partial charge in [0.2, 0.25) is 5.91 Å². The quantitative estimate of drug-likeness (QED) is 0.875. The monoisotopic (exact) mass is 249 g/mol. The van der Waals surface area contributed by atoms with E-state index in [0.29, 0.717) is 10.8 Å². The summed E-state index contributed by atoms with van der Waals surface area (Å²) in [6.07, 6.45) is 0. The number of pyridine rings is 1. The molecule has 0 unspecified atom stereocenters. The van der Waals surface area contributed by atoms with Gasteiger partial charge in [-0.15, -0.1) is 0 Å². The number of carbonyl (C=O) groups excluding carboxylic acids is 1. The first-order chi connectivity index (χ1) is 8.19. The molecular weight excluding hydrogens is 238 g/mol. The predicted octanol–water partition coefficient (Wildman–Crippen LogP) is 2.05. The summed E-state index contributed by atoms with van der Waals surface area (Å²) in [5.41, 5.74) is 0.844. The lowest BCUT2D eigenvalue weighted by Gasteiger charge is -2.05. The predicted molar refractivity (Wildman–Crippen MR) is 69.3 cm³/mol. The van der Waals surface area contributed by atoms with Crippen LogP contribution in [0.1, 0.15) is 0 Å². The maximum absolute atomic E-state index is 11.1. The molecular formula is C12H12ClN3O. The van der Waals surface area contributed by atoms with Crippen molar-refractivity contribution in [2.24, 2.45) is 0 Å². The van der Waals surface area contributed by atoms with E-state index in [-0.39, 0.29) is 12.5 Å². The fourth-order valence-corrected chi connectivity index (χ4v) is 1.63. The van der Waals surface area contributed by atoms with Gasteiger partial charge in [-0.1, -0.05) is 11.6 Å². The van der Waals surface area contributed by atoms with Gasteiger partial charge in [-0.2, -0.15) is 0 Å². The Kier molecular flexibility index (Phi) is 3.44. The second kappa shape index (κ2) is 5.01. The van der Waals surface area contributed by atoms with Gasteiger partial charge in [0.1, 0.15) is 5.82 Å². The number of amides is 1. The molecule has 0 aliphatic heterocycles. The first-order valence-electron chi connectivity index (χ1n) is 5.20. The average molecular weight is 250 g/mol. The summed E-state index contributed by atoms with van der Waals surface area (Å²) < 4.78 is 0. The molecule has 1 aromatic heterocycles. The zero-order chi connectivity index (χ0) is 12.3. The van der Waals surface area contributed by atoms with Crippen LogP contribution in [0, 0.1) is 0 Å². The van der Waals surface area contributed by atoms with Gasteiger partial charge < -0.3 is 10.6 Å². The van der Waals surface area contributed by atoms with Crippen molar-refractivity contribution in [2.75, 3.05) is 18.9 Å². The molecule has 0 fully saturated rings. The molecule has 0 bridgehead atoms. The van der Waals surface area contributed by atoms with Crippen LogP contribution >= 0.6 is 11.6 Å². The van der Waals surface area contributed by atoms with E-state index in [1.807, 2.05) is 24.3 Å². The maximum Gasteiger partial charge on any atom is 0.239 e. The van der Waals surface area contributed by atoms with E-state index < -0.39 is 0 Å².